The van der Waals surface area contributed by atoms with Gasteiger partial charge in [-0.3, -0.25) is 0 Å². The summed E-state index contributed by atoms with van der Waals surface area (Å²) in [6.45, 7) is 0. The maximum atomic E-state index is 12.9. The lowest BCUT2D eigenvalue weighted by atomic mass is 10.1. The minimum Gasteiger partial charge on any atom is -0.378 e. The van der Waals surface area contributed by atoms with Gasteiger partial charge in [-0.1, -0.05) is 6.07 Å². The van der Waals surface area contributed by atoms with Crippen LogP contribution in [0.4, 0.5) is 8.78 Å². The third-order valence-corrected chi connectivity index (χ3v) is 1.58. The molecular weight excluding hydrogens is 176 g/mol. The molecule has 0 heterocycles. The van der Waals surface area contributed by atoms with Crippen LogP contribution in [0.2, 0.25) is 0 Å². The van der Waals surface area contributed by atoms with Crippen LogP contribution in [0.5, 0.6) is 0 Å². The van der Waals surface area contributed by atoms with Gasteiger partial charge >= 0.3 is 0 Å². The molecule has 0 amide bonds. The SMILES string of the molecule is N#CC(O)Cc1ccc(F)cc1F. The molecule has 0 spiro atoms. The van der Waals surface area contributed by atoms with E-state index in [-0.39, 0.29) is 12.0 Å². The highest BCUT2D eigenvalue weighted by molar-refractivity contribution is 5.20. The first-order valence-corrected chi connectivity index (χ1v) is 3.65. The van der Waals surface area contributed by atoms with Gasteiger partial charge in [-0.05, 0) is 11.6 Å². The fourth-order valence-electron chi connectivity index (χ4n) is 0.941. The third-order valence-electron chi connectivity index (χ3n) is 1.58. The molecule has 1 unspecified atom stereocenters. The maximum absolute atomic E-state index is 12.9. The number of nitrogens with zero attached hydrogens (tertiary/aromatic N) is 1. The Morgan fingerprint density at radius 1 is 1.46 bits per heavy atom. The van der Waals surface area contributed by atoms with Gasteiger partial charge in [0.2, 0.25) is 0 Å². The minimum absolute atomic E-state index is 0.122. The van der Waals surface area contributed by atoms with Crippen LogP contribution in [-0.2, 0) is 6.42 Å². The van der Waals surface area contributed by atoms with E-state index in [9.17, 15) is 8.78 Å². The van der Waals surface area contributed by atoms with Gasteiger partial charge in [-0.25, -0.2) is 8.78 Å². The first kappa shape index (κ1) is 9.62. The predicted octanol–water partition coefficient (Wildman–Crippen LogP) is 1.39. The average Bonchev–Trinajstić information content (AvgIpc) is 2.09. The molecular formula is C9H7F2NO. The average molecular weight is 183 g/mol. The number of halogens is 2. The zero-order valence-electron chi connectivity index (χ0n) is 6.67. The lowest BCUT2D eigenvalue weighted by Crippen LogP contribution is -2.08. The van der Waals surface area contributed by atoms with Crippen molar-refractivity contribution in [2.24, 2.45) is 0 Å². The quantitative estimate of drug-likeness (QED) is 0.704. The molecule has 1 atom stereocenters. The van der Waals surface area contributed by atoms with E-state index in [1.165, 1.54) is 6.07 Å². The molecule has 0 radical (unpaired) electrons. The van der Waals surface area contributed by atoms with E-state index in [1.807, 2.05) is 0 Å². The molecule has 1 N–H and O–H groups in total. The van der Waals surface area contributed by atoms with Crippen molar-refractivity contribution in [2.45, 2.75) is 12.5 Å². The summed E-state index contributed by atoms with van der Waals surface area (Å²) in [4.78, 5) is 0. The predicted molar refractivity (Wildman–Crippen MR) is 41.7 cm³/mol. The van der Waals surface area contributed by atoms with Crippen molar-refractivity contribution in [2.75, 3.05) is 0 Å². The zero-order chi connectivity index (χ0) is 9.84. The minimum atomic E-state index is -1.25. The summed E-state index contributed by atoms with van der Waals surface area (Å²) in [6, 6.07) is 4.57. The number of rotatable bonds is 2. The summed E-state index contributed by atoms with van der Waals surface area (Å²) in [7, 11) is 0. The van der Waals surface area contributed by atoms with Crippen molar-refractivity contribution in [3.63, 3.8) is 0 Å². The number of hydrogen-bond donors (Lipinski definition) is 1. The Morgan fingerprint density at radius 3 is 2.69 bits per heavy atom. The number of benzene rings is 1. The van der Waals surface area contributed by atoms with Gasteiger partial charge in [0.1, 0.15) is 17.7 Å². The van der Waals surface area contributed by atoms with Gasteiger partial charge in [0.25, 0.3) is 0 Å². The van der Waals surface area contributed by atoms with Crippen LogP contribution < -0.4 is 0 Å². The summed E-state index contributed by atoms with van der Waals surface area (Å²) in [6.07, 6.45) is -1.37. The molecule has 1 aromatic rings. The van der Waals surface area contributed by atoms with Crippen LogP contribution in [0.3, 0.4) is 0 Å². The second-order valence-corrected chi connectivity index (χ2v) is 2.58. The second-order valence-electron chi connectivity index (χ2n) is 2.58. The van der Waals surface area contributed by atoms with E-state index in [0.717, 1.165) is 12.1 Å². The molecule has 4 heteroatoms. The Balaban J connectivity index is 2.85. The third kappa shape index (κ3) is 2.49. The van der Waals surface area contributed by atoms with Gasteiger partial charge in [-0.15, -0.1) is 0 Å². The van der Waals surface area contributed by atoms with Crippen LogP contribution >= 0.6 is 0 Å². The summed E-state index contributed by atoms with van der Waals surface area (Å²) < 4.78 is 25.3. The van der Waals surface area contributed by atoms with Crippen molar-refractivity contribution in [3.05, 3.63) is 35.4 Å². The van der Waals surface area contributed by atoms with Crippen LogP contribution in [-0.4, -0.2) is 11.2 Å². The molecule has 0 saturated heterocycles. The number of aliphatic hydroxyl groups excluding tert-OH is 1. The standard InChI is InChI=1S/C9H7F2NO/c10-7-2-1-6(9(11)4-7)3-8(13)5-12/h1-2,4,8,13H,3H2. The normalized spacial score (nSPS) is 12.2. The van der Waals surface area contributed by atoms with Crippen LogP contribution in [0, 0.1) is 23.0 Å². The molecule has 13 heavy (non-hydrogen) atoms. The molecule has 1 rings (SSSR count). The summed E-state index contributed by atoms with van der Waals surface area (Å²) in [5.74, 6) is -1.41. The Labute approximate surface area is 74.0 Å². The van der Waals surface area contributed by atoms with Gasteiger partial charge in [0.15, 0.2) is 0 Å². The smallest absolute Gasteiger partial charge is 0.144 e. The van der Waals surface area contributed by atoms with E-state index in [4.69, 9.17) is 10.4 Å². The van der Waals surface area contributed by atoms with Crippen LogP contribution in [0.15, 0.2) is 18.2 Å². The van der Waals surface area contributed by atoms with E-state index >= 15 is 0 Å². The van der Waals surface area contributed by atoms with Crippen molar-refractivity contribution >= 4 is 0 Å². The second kappa shape index (κ2) is 3.97. The van der Waals surface area contributed by atoms with Crippen molar-refractivity contribution < 1.29 is 13.9 Å². The van der Waals surface area contributed by atoms with Gasteiger partial charge < -0.3 is 5.11 Å². The molecule has 2 nitrogen and oxygen atoms in total. The first-order valence-electron chi connectivity index (χ1n) is 3.65. The summed E-state index contributed by atoms with van der Waals surface area (Å²) in [5, 5.41) is 17.1. The van der Waals surface area contributed by atoms with Gasteiger partial charge in [-0.2, -0.15) is 5.26 Å². The molecule has 0 aliphatic heterocycles. The maximum Gasteiger partial charge on any atom is 0.144 e. The Morgan fingerprint density at radius 2 is 2.15 bits per heavy atom. The Bertz CT molecular complexity index is 346. The molecule has 68 valence electrons. The van der Waals surface area contributed by atoms with E-state index in [0.29, 0.717) is 0 Å². The number of hydrogen-bond acceptors (Lipinski definition) is 2. The highest BCUT2D eigenvalue weighted by Gasteiger charge is 2.08. The zero-order valence-corrected chi connectivity index (χ0v) is 6.67. The van der Waals surface area contributed by atoms with Crippen molar-refractivity contribution in [1.29, 1.82) is 5.26 Å². The molecule has 1 aromatic carbocycles. The van der Waals surface area contributed by atoms with Crippen LogP contribution in [0.1, 0.15) is 5.56 Å². The van der Waals surface area contributed by atoms with Gasteiger partial charge in [0, 0.05) is 12.5 Å². The first-order chi connectivity index (χ1) is 6.13. The van der Waals surface area contributed by atoms with E-state index in [2.05, 4.69) is 0 Å². The van der Waals surface area contributed by atoms with E-state index in [1.54, 1.807) is 6.07 Å². The molecule has 0 aliphatic rings. The summed E-state index contributed by atoms with van der Waals surface area (Å²) >= 11 is 0. The van der Waals surface area contributed by atoms with Gasteiger partial charge in [0.05, 0.1) is 6.07 Å². The monoisotopic (exact) mass is 183 g/mol. The Hall–Kier alpha value is -1.47. The largest absolute Gasteiger partial charge is 0.378 e. The van der Waals surface area contributed by atoms with Crippen molar-refractivity contribution in [1.82, 2.24) is 0 Å². The Kier molecular flexibility index (Phi) is 2.93. The van der Waals surface area contributed by atoms with E-state index < -0.39 is 17.7 Å². The fourth-order valence-corrected chi connectivity index (χ4v) is 0.941. The molecule has 0 aliphatic carbocycles. The molecule has 0 saturated carbocycles. The fraction of sp³-hybridized carbons (Fsp3) is 0.222. The molecule has 0 bridgehead atoms. The number of nitriles is 1. The molecule has 0 fully saturated rings. The lowest BCUT2D eigenvalue weighted by molar-refractivity contribution is 0.229. The lowest BCUT2D eigenvalue weighted by Gasteiger charge is -2.03. The highest BCUT2D eigenvalue weighted by Crippen LogP contribution is 2.11. The number of aliphatic hydroxyl groups is 1. The van der Waals surface area contributed by atoms with Crippen LogP contribution in [0.25, 0.3) is 0 Å². The topological polar surface area (TPSA) is 44.0 Å². The highest BCUT2D eigenvalue weighted by atomic mass is 19.1. The summed E-state index contributed by atoms with van der Waals surface area (Å²) in [5.41, 5.74) is 0.135. The van der Waals surface area contributed by atoms with Crippen molar-refractivity contribution in [3.8, 4) is 6.07 Å². The molecule has 0 aromatic heterocycles.